The van der Waals surface area contributed by atoms with Crippen LogP contribution in [-0.2, 0) is 16.0 Å². The highest BCUT2D eigenvalue weighted by atomic mass is 16.5. The van der Waals surface area contributed by atoms with Crippen LogP contribution in [0.4, 0.5) is 5.69 Å². The number of aryl methyl sites for hydroxylation is 2. The molecule has 1 N–H and O–H groups in total. The molecule has 2 amide bonds. The minimum Gasteiger partial charge on any atom is -0.477 e. The Labute approximate surface area is 186 Å². The Morgan fingerprint density at radius 1 is 1.19 bits per heavy atom. The standard InChI is InChI=1S/C23H28N6O3/c1-5-16(6-2)25-22(31)19-13-28(17-9-7-8-10-18(17)32-19)21(30)12-20-26-23-24-14(3)11-15(4)29(23)27-20/h7-11,16,19H,5-6,12-13H2,1-4H3,(H,25,31). The molecule has 9 nitrogen and oxygen atoms in total. The molecule has 1 aromatic carbocycles. The van der Waals surface area contributed by atoms with Crippen LogP contribution >= 0.6 is 0 Å². The first-order valence-electron chi connectivity index (χ1n) is 11.0. The largest absolute Gasteiger partial charge is 0.477 e. The van der Waals surface area contributed by atoms with Crippen molar-refractivity contribution in [2.24, 2.45) is 0 Å². The van der Waals surface area contributed by atoms with E-state index in [2.05, 4.69) is 20.4 Å². The van der Waals surface area contributed by atoms with Crippen molar-refractivity contribution < 1.29 is 14.3 Å². The maximum Gasteiger partial charge on any atom is 0.263 e. The molecular formula is C23H28N6O3. The van der Waals surface area contributed by atoms with E-state index < -0.39 is 6.10 Å². The van der Waals surface area contributed by atoms with Gasteiger partial charge < -0.3 is 15.0 Å². The van der Waals surface area contributed by atoms with Crippen LogP contribution in [0.2, 0.25) is 0 Å². The van der Waals surface area contributed by atoms with Gasteiger partial charge in [0.25, 0.3) is 11.7 Å². The number of ether oxygens (including phenoxy) is 1. The Bertz CT molecular complexity index is 1150. The van der Waals surface area contributed by atoms with Crippen molar-refractivity contribution in [2.45, 2.75) is 59.1 Å². The van der Waals surface area contributed by atoms with E-state index in [1.54, 1.807) is 15.5 Å². The molecule has 0 spiro atoms. The van der Waals surface area contributed by atoms with E-state index in [1.165, 1.54) is 0 Å². The molecule has 0 aliphatic carbocycles. The second kappa shape index (κ2) is 8.94. The summed E-state index contributed by atoms with van der Waals surface area (Å²) in [5, 5.41) is 7.46. The van der Waals surface area contributed by atoms with Gasteiger partial charge in [0.15, 0.2) is 11.9 Å². The maximum atomic E-state index is 13.3. The number of fused-ring (bicyclic) bond motifs is 2. The molecule has 2 aromatic heterocycles. The molecule has 0 saturated heterocycles. The van der Waals surface area contributed by atoms with E-state index in [-0.39, 0.29) is 30.8 Å². The highest BCUT2D eigenvalue weighted by Crippen LogP contribution is 2.33. The SMILES string of the molecule is CCC(CC)NC(=O)C1CN(C(=O)Cc2nc3nc(C)cc(C)n3n2)c2ccccc2O1. The molecule has 0 saturated carbocycles. The molecule has 0 fully saturated rings. The van der Waals surface area contributed by atoms with Crippen LogP contribution in [0.25, 0.3) is 5.78 Å². The Morgan fingerprint density at radius 3 is 2.69 bits per heavy atom. The Morgan fingerprint density at radius 2 is 1.94 bits per heavy atom. The number of anilines is 1. The third-order valence-electron chi connectivity index (χ3n) is 5.67. The Kier molecular flexibility index (Phi) is 6.07. The second-order valence-corrected chi connectivity index (χ2v) is 8.06. The number of nitrogens with one attached hydrogen (secondary N) is 1. The molecule has 3 heterocycles. The molecule has 1 aliphatic rings. The summed E-state index contributed by atoms with van der Waals surface area (Å²) in [6.07, 6.45) is 0.883. The predicted molar refractivity (Wildman–Crippen MR) is 120 cm³/mol. The summed E-state index contributed by atoms with van der Waals surface area (Å²) >= 11 is 0. The molecule has 168 valence electrons. The van der Waals surface area contributed by atoms with Crippen molar-refractivity contribution in [3.8, 4) is 5.75 Å². The van der Waals surface area contributed by atoms with Gasteiger partial charge in [0.2, 0.25) is 5.91 Å². The number of hydrogen-bond donors (Lipinski definition) is 1. The lowest BCUT2D eigenvalue weighted by Gasteiger charge is -2.34. The molecule has 1 aliphatic heterocycles. The fraction of sp³-hybridized carbons (Fsp3) is 0.435. The minimum absolute atomic E-state index is 0.00291. The number of aromatic nitrogens is 4. The number of amides is 2. The fourth-order valence-corrected chi connectivity index (χ4v) is 3.91. The van der Waals surface area contributed by atoms with Crippen molar-refractivity contribution in [2.75, 3.05) is 11.4 Å². The van der Waals surface area contributed by atoms with Gasteiger partial charge >= 0.3 is 0 Å². The van der Waals surface area contributed by atoms with Crippen molar-refractivity contribution in [3.05, 3.63) is 47.5 Å². The third kappa shape index (κ3) is 4.28. The highest BCUT2D eigenvalue weighted by Gasteiger charge is 2.34. The fourth-order valence-electron chi connectivity index (χ4n) is 3.91. The zero-order valence-electron chi connectivity index (χ0n) is 18.8. The lowest BCUT2D eigenvalue weighted by molar-refractivity contribution is -0.129. The van der Waals surface area contributed by atoms with Gasteiger partial charge in [0.1, 0.15) is 5.75 Å². The van der Waals surface area contributed by atoms with E-state index >= 15 is 0 Å². The number of carbonyl (C=O) groups is 2. The van der Waals surface area contributed by atoms with Gasteiger partial charge in [-0.05, 0) is 44.9 Å². The first-order valence-corrected chi connectivity index (χ1v) is 11.0. The van der Waals surface area contributed by atoms with Crippen LogP contribution in [0.15, 0.2) is 30.3 Å². The van der Waals surface area contributed by atoms with Gasteiger partial charge in [-0.25, -0.2) is 9.50 Å². The van der Waals surface area contributed by atoms with Crippen molar-refractivity contribution in [1.82, 2.24) is 24.9 Å². The maximum absolute atomic E-state index is 13.3. The summed E-state index contributed by atoms with van der Waals surface area (Å²) < 4.78 is 7.57. The molecule has 32 heavy (non-hydrogen) atoms. The first-order chi connectivity index (χ1) is 15.4. The quantitative estimate of drug-likeness (QED) is 0.637. The second-order valence-electron chi connectivity index (χ2n) is 8.06. The van der Waals surface area contributed by atoms with Crippen molar-refractivity contribution >= 4 is 23.3 Å². The highest BCUT2D eigenvalue weighted by molar-refractivity contribution is 5.98. The zero-order valence-corrected chi connectivity index (χ0v) is 18.8. The summed E-state index contributed by atoms with van der Waals surface area (Å²) in [4.78, 5) is 36.5. The smallest absolute Gasteiger partial charge is 0.263 e. The van der Waals surface area contributed by atoms with Gasteiger partial charge in [-0.3, -0.25) is 9.59 Å². The third-order valence-corrected chi connectivity index (χ3v) is 5.67. The minimum atomic E-state index is -0.782. The molecule has 9 heteroatoms. The van der Waals surface area contributed by atoms with Crippen molar-refractivity contribution in [3.63, 3.8) is 0 Å². The molecule has 0 bridgehead atoms. The van der Waals surface area contributed by atoms with Crippen LogP contribution in [0.5, 0.6) is 5.75 Å². The average Bonchev–Trinajstić information content (AvgIpc) is 3.18. The molecule has 1 atom stereocenters. The Hall–Kier alpha value is -3.49. The molecular weight excluding hydrogens is 408 g/mol. The van der Waals surface area contributed by atoms with E-state index in [9.17, 15) is 9.59 Å². The number of para-hydroxylation sites is 2. The summed E-state index contributed by atoms with van der Waals surface area (Å²) in [6, 6.07) is 9.23. The van der Waals surface area contributed by atoms with Crippen LogP contribution in [0, 0.1) is 13.8 Å². The summed E-state index contributed by atoms with van der Waals surface area (Å²) in [6.45, 7) is 8.00. The van der Waals surface area contributed by atoms with Crippen LogP contribution in [0.3, 0.4) is 0 Å². The number of carbonyl (C=O) groups excluding carboxylic acids is 2. The monoisotopic (exact) mass is 436 g/mol. The summed E-state index contributed by atoms with van der Waals surface area (Å²) in [7, 11) is 0. The molecule has 3 aromatic rings. The predicted octanol–water partition coefficient (Wildman–Crippen LogP) is 2.38. The van der Waals surface area contributed by atoms with E-state index in [1.807, 2.05) is 52.0 Å². The number of nitrogens with zero attached hydrogens (tertiary/aromatic N) is 5. The number of hydrogen-bond acceptors (Lipinski definition) is 6. The summed E-state index contributed by atoms with van der Waals surface area (Å²) in [5.41, 5.74) is 2.38. The van der Waals surface area contributed by atoms with Crippen molar-refractivity contribution in [1.29, 1.82) is 0 Å². The van der Waals surface area contributed by atoms with Gasteiger partial charge in [0, 0.05) is 17.4 Å². The summed E-state index contributed by atoms with van der Waals surface area (Å²) in [5.74, 6) is 0.944. The number of rotatable bonds is 6. The lowest BCUT2D eigenvalue weighted by atomic mass is 10.1. The average molecular weight is 437 g/mol. The number of benzene rings is 1. The van der Waals surface area contributed by atoms with Gasteiger partial charge in [-0.15, -0.1) is 5.10 Å². The van der Waals surface area contributed by atoms with Gasteiger partial charge in [0.05, 0.1) is 18.7 Å². The Balaban J connectivity index is 1.57. The molecule has 1 unspecified atom stereocenters. The van der Waals surface area contributed by atoms with E-state index in [4.69, 9.17) is 4.74 Å². The lowest BCUT2D eigenvalue weighted by Crippen LogP contribution is -2.52. The van der Waals surface area contributed by atoms with E-state index in [0.29, 0.717) is 23.0 Å². The first kappa shape index (κ1) is 21.7. The van der Waals surface area contributed by atoms with Crippen LogP contribution in [0.1, 0.15) is 43.9 Å². The molecule has 4 rings (SSSR count). The van der Waals surface area contributed by atoms with Crippen LogP contribution in [-0.4, -0.2) is 50.1 Å². The zero-order chi connectivity index (χ0) is 22.8. The van der Waals surface area contributed by atoms with Gasteiger partial charge in [-0.2, -0.15) is 4.98 Å². The normalized spacial score (nSPS) is 15.5. The van der Waals surface area contributed by atoms with Crippen LogP contribution < -0.4 is 15.0 Å². The topological polar surface area (TPSA) is 102 Å². The molecule has 0 radical (unpaired) electrons. The van der Waals surface area contributed by atoms with E-state index in [0.717, 1.165) is 24.2 Å². The van der Waals surface area contributed by atoms with Gasteiger partial charge in [-0.1, -0.05) is 26.0 Å².